The standard InChI is InChI=1S/C13H15BrFIO3/c1-13(2,3)19-12(17)9-10(16)8(15)5-7(6-14)11(9)18-4/h5H,6H2,1-4H3. The van der Waals surface area contributed by atoms with E-state index in [1.165, 1.54) is 13.2 Å². The number of esters is 1. The van der Waals surface area contributed by atoms with Crippen molar-refractivity contribution in [2.24, 2.45) is 0 Å². The first kappa shape index (κ1) is 16.7. The Morgan fingerprint density at radius 1 is 1.47 bits per heavy atom. The van der Waals surface area contributed by atoms with Crippen LogP contribution in [0.4, 0.5) is 4.39 Å². The molecule has 3 nitrogen and oxygen atoms in total. The molecule has 19 heavy (non-hydrogen) atoms. The van der Waals surface area contributed by atoms with E-state index in [9.17, 15) is 9.18 Å². The molecule has 0 atom stereocenters. The number of ether oxygens (including phenoxy) is 2. The maximum absolute atomic E-state index is 13.8. The van der Waals surface area contributed by atoms with E-state index in [-0.39, 0.29) is 9.13 Å². The number of halogens is 3. The summed E-state index contributed by atoms with van der Waals surface area (Å²) < 4.78 is 24.6. The van der Waals surface area contributed by atoms with Gasteiger partial charge in [0.15, 0.2) is 0 Å². The monoisotopic (exact) mass is 444 g/mol. The van der Waals surface area contributed by atoms with Gasteiger partial charge in [0.05, 0.1) is 10.7 Å². The first-order chi connectivity index (χ1) is 8.71. The SMILES string of the molecule is COc1c(CBr)cc(F)c(I)c1C(=O)OC(C)(C)C. The van der Waals surface area contributed by atoms with Gasteiger partial charge in [-0.05, 0) is 49.4 Å². The second-order valence-corrected chi connectivity index (χ2v) is 6.51. The zero-order valence-electron chi connectivity index (χ0n) is 11.1. The second kappa shape index (κ2) is 6.39. The summed E-state index contributed by atoms with van der Waals surface area (Å²) >= 11 is 5.03. The zero-order valence-corrected chi connectivity index (χ0v) is 14.9. The summed E-state index contributed by atoms with van der Waals surface area (Å²) in [6.07, 6.45) is 0. The van der Waals surface area contributed by atoms with Gasteiger partial charge in [-0.3, -0.25) is 0 Å². The van der Waals surface area contributed by atoms with Crippen molar-refractivity contribution in [2.75, 3.05) is 7.11 Å². The maximum atomic E-state index is 13.8. The Labute approximate surface area is 134 Å². The fraction of sp³-hybridized carbons (Fsp3) is 0.462. The smallest absolute Gasteiger partial charge is 0.343 e. The highest BCUT2D eigenvalue weighted by atomic mass is 127. The van der Waals surface area contributed by atoms with E-state index >= 15 is 0 Å². The minimum Gasteiger partial charge on any atom is -0.495 e. The summed E-state index contributed by atoms with van der Waals surface area (Å²) in [7, 11) is 1.45. The molecule has 0 bridgehead atoms. The largest absolute Gasteiger partial charge is 0.495 e. The van der Waals surface area contributed by atoms with Gasteiger partial charge in [-0.25, -0.2) is 9.18 Å². The fourth-order valence-corrected chi connectivity index (χ4v) is 2.54. The van der Waals surface area contributed by atoms with Gasteiger partial charge >= 0.3 is 5.97 Å². The molecule has 0 aliphatic heterocycles. The number of benzene rings is 1. The van der Waals surface area contributed by atoms with Crippen LogP contribution in [-0.4, -0.2) is 18.7 Å². The lowest BCUT2D eigenvalue weighted by atomic mass is 10.1. The Morgan fingerprint density at radius 2 is 2.05 bits per heavy atom. The van der Waals surface area contributed by atoms with Gasteiger partial charge in [0, 0.05) is 10.9 Å². The van der Waals surface area contributed by atoms with Gasteiger partial charge in [-0.1, -0.05) is 15.9 Å². The van der Waals surface area contributed by atoms with Crippen molar-refractivity contribution in [3.05, 3.63) is 26.6 Å². The molecule has 6 heteroatoms. The zero-order chi connectivity index (χ0) is 14.8. The molecule has 0 N–H and O–H groups in total. The van der Waals surface area contributed by atoms with Crippen molar-refractivity contribution in [1.29, 1.82) is 0 Å². The first-order valence-corrected chi connectivity index (χ1v) is 7.75. The van der Waals surface area contributed by atoms with Gasteiger partial charge < -0.3 is 9.47 Å². The van der Waals surface area contributed by atoms with Crippen molar-refractivity contribution in [3.63, 3.8) is 0 Å². The Kier molecular flexibility index (Phi) is 5.61. The van der Waals surface area contributed by atoms with E-state index in [4.69, 9.17) is 9.47 Å². The number of carbonyl (C=O) groups is 1. The number of carbonyl (C=O) groups excluding carboxylic acids is 1. The molecule has 0 aromatic heterocycles. The summed E-state index contributed by atoms with van der Waals surface area (Å²) in [5, 5.41) is 0.389. The van der Waals surface area contributed by atoms with Gasteiger partial charge in [-0.2, -0.15) is 0 Å². The van der Waals surface area contributed by atoms with Crippen LogP contribution in [-0.2, 0) is 10.1 Å². The molecule has 0 amide bonds. The number of hydrogen-bond donors (Lipinski definition) is 0. The number of rotatable bonds is 3. The van der Waals surface area contributed by atoms with Crippen LogP contribution in [0.2, 0.25) is 0 Å². The molecule has 0 radical (unpaired) electrons. The third-order valence-corrected chi connectivity index (χ3v) is 3.86. The highest BCUT2D eigenvalue weighted by Gasteiger charge is 2.27. The van der Waals surface area contributed by atoms with Crippen molar-refractivity contribution in [3.8, 4) is 5.75 Å². The summed E-state index contributed by atoms with van der Waals surface area (Å²) in [4.78, 5) is 12.2. The van der Waals surface area contributed by atoms with Crippen LogP contribution in [0.15, 0.2) is 6.07 Å². The Hall–Kier alpha value is -0.370. The molecule has 0 heterocycles. The van der Waals surface area contributed by atoms with Crippen LogP contribution in [0.1, 0.15) is 36.7 Å². The molecule has 0 saturated heterocycles. The summed E-state index contributed by atoms with van der Waals surface area (Å²) in [6, 6.07) is 1.35. The second-order valence-electron chi connectivity index (χ2n) is 4.88. The quantitative estimate of drug-likeness (QED) is 0.396. The molecule has 0 spiro atoms. The highest BCUT2D eigenvalue weighted by Crippen LogP contribution is 2.33. The minimum absolute atomic E-state index is 0.132. The van der Waals surface area contributed by atoms with Crippen LogP contribution >= 0.6 is 38.5 Å². The van der Waals surface area contributed by atoms with Gasteiger partial charge in [0.25, 0.3) is 0 Å². The average molecular weight is 445 g/mol. The molecule has 0 fully saturated rings. The minimum atomic E-state index is -0.647. The van der Waals surface area contributed by atoms with E-state index in [0.29, 0.717) is 16.6 Å². The van der Waals surface area contributed by atoms with Crippen LogP contribution in [0, 0.1) is 9.39 Å². The Balaban J connectivity index is 3.39. The molecular formula is C13H15BrFIO3. The van der Waals surface area contributed by atoms with Crippen LogP contribution in [0.5, 0.6) is 5.75 Å². The van der Waals surface area contributed by atoms with Crippen molar-refractivity contribution in [1.82, 2.24) is 0 Å². The van der Waals surface area contributed by atoms with Crippen LogP contribution < -0.4 is 4.74 Å². The van der Waals surface area contributed by atoms with Crippen molar-refractivity contribution >= 4 is 44.5 Å². The lowest BCUT2D eigenvalue weighted by Gasteiger charge is -2.21. The molecule has 0 saturated carbocycles. The highest BCUT2D eigenvalue weighted by molar-refractivity contribution is 14.1. The molecule has 0 unspecified atom stereocenters. The topological polar surface area (TPSA) is 35.5 Å². The molecule has 0 aliphatic rings. The van der Waals surface area contributed by atoms with E-state index in [1.807, 2.05) is 0 Å². The molecule has 106 valence electrons. The summed E-state index contributed by atoms with van der Waals surface area (Å²) in [6.45, 7) is 5.28. The number of alkyl halides is 1. The third-order valence-electron chi connectivity index (χ3n) is 2.20. The average Bonchev–Trinajstić information content (AvgIpc) is 2.29. The van der Waals surface area contributed by atoms with E-state index < -0.39 is 17.4 Å². The van der Waals surface area contributed by atoms with Crippen LogP contribution in [0.3, 0.4) is 0 Å². The van der Waals surface area contributed by atoms with Crippen molar-refractivity contribution in [2.45, 2.75) is 31.7 Å². The normalized spacial score (nSPS) is 11.3. The number of methoxy groups -OCH3 is 1. The maximum Gasteiger partial charge on any atom is 0.343 e. The molecule has 1 aromatic carbocycles. The summed E-state index contributed by atoms with van der Waals surface area (Å²) in [5.74, 6) is -0.705. The molecule has 1 rings (SSSR count). The predicted octanol–water partition coefficient (Wildman–Crippen LogP) is 4.29. The molecular weight excluding hydrogens is 430 g/mol. The fourth-order valence-electron chi connectivity index (χ4n) is 1.51. The number of hydrogen-bond acceptors (Lipinski definition) is 3. The van der Waals surface area contributed by atoms with Gasteiger partial charge in [-0.15, -0.1) is 0 Å². The molecule has 0 aliphatic carbocycles. The van der Waals surface area contributed by atoms with Crippen molar-refractivity contribution < 1.29 is 18.7 Å². The van der Waals surface area contributed by atoms with E-state index in [2.05, 4.69) is 15.9 Å². The van der Waals surface area contributed by atoms with Crippen LogP contribution in [0.25, 0.3) is 0 Å². The van der Waals surface area contributed by atoms with Gasteiger partial charge in [0.2, 0.25) is 0 Å². The Morgan fingerprint density at radius 3 is 2.47 bits per heavy atom. The lowest BCUT2D eigenvalue weighted by Crippen LogP contribution is -2.25. The lowest BCUT2D eigenvalue weighted by molar-refractivity contribution is 0.00644. The predicted molar refractivity (Wildman–Crippen MR) is 83.5 cm³/mol. The first-order valence-electron chi connectivity index (χ1n) is 5.55. The third kappa shape index (κ3) is 4.05. The van der Waals surface area contributed by atoms with Gasteiger partial charge in [0.1, 0.15) is 22.7 Å². The van der Waals surface area contributed by atoms with E-state index in [1.54, 1.807) is 43.4 Å². The van der Waals surface area contributed by atoms with E-state index in [0.717, 1.165) is 0 Å². The Bertz CT molecular complexity index is 498. The summed E-state index contributed by atoms with van der Waals surface area (Å²) in [5.41, 5.74) is 0.0558. The molecule has 1 aromatic rings.